The molecule has 200 valence electrons. The number of likely N-dealkylation sites (N-methyl/N-ethyl adjacent to an activating group) is 1. The normalized spacial score (nSPS) is 16.9. The fraction of sp³-hybridized carbons (Fsp3) is 0.133. The van der Waals surface area contributed by atoms with Crippen molar-refractivity contribution >= 4 is 51.5 Å². The average molecular weight is 598 g/mol. The summed E-state index contributed by atoms with van der Waals surface area (Å²) in [6, 6.07) is 30.3. The van der Waals surface area contributed by atoms with Crippen molar-refractivity contribution in [2.45, 2.75) is 24.2 Å². The third-order valence-electron chi connectivity index (χ3n) is 6.74. The molecular formula is C30H27Cl2N2O3PS. The van der Waals surface area contributed by atoms with E-state index in [1.54, 1.807) is 24.3 Å². The predicted octanol–water partition coefficient (Wildman–Crippen LogP) is 8.47. The van der Waals surface area contributed by atoms with E-state index in [0.29, 0.717) is 21.1 Å². The van der Waals surface area contributed by atoms with Crippen molar-refractivity contribution in [2.75, 3.05) is 11.9 Å². The Morgan fingerprint density at radius 1 is 0.846 bits per heavy atom. The summed E-state index contributed by atoms with van der Waals surface area (Å²) in [5.41, 5.74) is 2.62. The Bertz CT molecular complexity index is 1720. The van der Waals surface area contributed by atoms with Crippen LogP contribution >= 0.6 is 30.5 Å². The SMILES string of the molecule is CN1/C(=C\P(=NS(=O)(=O)c2ccc(Cl)cc2)(Oc2cccc(Cl)c2)c2ccccc2)C(C)(C)c2ccccc21. The van der Waals surface area contributed by atoms with Gasteiger partial charge in [-0.15, -0.1) is 4.15 Å². The molecular weight excluding hydrogens is 570 g/mol. The van der Waals surface area contributed by atoms with Crippen molar-refractivity contribution in [2.24, 2.45) is 4.15 Å². The number of anilines is 1. The molecule has 0 fully saturated rings. The summed E-state index contributed by atoms with van der Waals surface area (Å²) in [5.74, 6) is 2.33. The van der Waals surface area contributed by atoms with Crippen LogP contribution in [0, 0.1) is 0 Å². The molecule has 0 bridgehead atoms. The summed E-state index contributed by atoms with van der Waals surface area (Å²) in [6.45, 7) is 4.24. The molecule has 0 aromatic heterocycles. The lowest BCUT2D eigenvalue weighted by atomic mass is 9.84. The number of sulfonamides is 1. The maximum Gasteiger partial charge on any atom is 0.284 e. The minimum absolute atomic E-state index is 0.0302. The molecule has 0 spiro atoms. The Hall–Kier alpha value is -3.02. The van der Waals surface area contributed by atoms with Crippen molar-refractivity contribution in [1.29, 1.82) is 0 Å². The number of para-hydroxylation sites is 1. The second kappa shape index (κ2) is 10.5. The number of halogens is 2. The fourth-order valence-corrected chi connectivity index (χ4v) is 10.1. The van der Waals surface area contributed by atoms with E-state index in [2.05, 4.69) is 35.0 Å². The third kappa shape index (κ3) is 5.39. The summed E-state index contributed by atoms with van der Waals surface area (Å²) in [7, 11) is -5.65. The number of hydrogen-bond donors (Lipinski definition) is 0. The molecule has 5 rings (SSSR count). The van der Waals surface area contributed by atoms with Gasteiger partial charge in [0.05, 0.1) is 4.90 Å². The third-order valence-corrected chi connectivity index (χ3v) is 12.1. The number of fused-ring (bicyclic) bond motifs is 1. The van der Waals surface area contributed by atoms with Crippen molar-refractivity contribution in [3.63, 3.8) is 0 Å². The van der Waals surface area contributed by atoms with E-state index in [0.717, 1.165) is 16.9 Å². The summed E-state index contributed by atoms with van der Waals surface area (Å²) < 4.78 is 39.1. The minimum Gasteiger partial charge on any atom is -0.451 e. The molecule has 1 atom stereocenters. The summed E-state index contributed by atoms with van der Waals surface area (Å²) in [5, 5.41) is 1.55. The van der Waals surface area contributed by atoms with Crippen LogP contribution in [0.5, 0.6) is 5.75 Å². The molecule has 0 radical (unpaired) electrons. The van der Waals surface area contributed by atoms with Crippen LogP contribution < -0.4 is 14.7 Å². The molecule has 1 aliphatic rings. The number of allylic oxidation sites excluding steroid dienone is 1. The van der Waals surface area contributed by atoms with Crippen molar-refractivity contribution in [1.82, 2.24) is 0 Å². The van der Waals surface area contributed by atoms with Gasteiger partial charge < -0.3 is 9.42 Å². The van der Waals surface area contributed by atoms with Gasteiger partial charge in [0.25, 0.3) is 10.0 Å². The Morgan fingerprint density at radius 3 is 2.18 bits per heavy atom. The molecule has 39 heavy (non-hydrogen) atoms. The molecule has 5 nitrogen and oxygen atoms in total. The van der Waals surface area contributed by atoms with Crippen LogP contribution in [-0.2, 0) is 15.4 Å². The van der Waals surface area contributed by atoms with E-state index in [1.165, 1.54) is 24.3 Å². The largest absolute Gasteiger partial charge is 0.451 e. The second-order valence-electron chi connectivity index (χ2n) is 9.73. The quantitative estimate of drug-likeness (QED) is 0.209. The predicted molar refractivity (Wildman–Crippen MR) is 162 cm³/mol. The van der Waals surface area contributed by atoms with Gasteiger partial charge in [-0.1, -0.05) is 79.5 Å². The highest BCUT2D eigenvalue weighted by molar-refractivity contribution is 7.95. The second-order valence-corrected chi connectivity index (χ2v) is 14.9. The van der Waals surface area contributed by atoms with Crippen LogP contribution in [0.4, 0.5) is 5.69 Å². The lowest BCUT2D eigenvalue weighted by molar-refractivity contribution is 0.593. The number of hydrogen-bond acceptors (Lipinski definition) is 4. The number of benzene rings is 4. The molecule has 0 amide bonds. The van der Waals surface area contributed by atoms with Gasteiger partial charge in [0.15, 0.2) is 0 Å². The zero-order valence-corrected chi connectivity index (χ0v) is 24.8. The summed E-state index contributed by atoms with van der Waals surface area (Å²) >= 11 is 12.4. The Balaban J connectivity index is 1.84. The molecule has 1 aliphatic heterocycles. The Labute approximate surface area is 239 Å². The molecule has 1 unspecified atom stereocenters. The molecule has 4 aromatic carbocycles. The van der Waals surface area contributed by atoms with Gasteiger partial charge in [-0.25, -0.2) is 0 Å². The molecule has 9 heteroatoms. The van der Waals surface area contributed by atoms with E-state index in [4.69, 9.17) is 27.7 Å². The van der Waals surface area contributed by atoms with Gasteiger partial charge in [0.1, 0.15) is 5.75 Å². The van der Waals surface area contributed by atoms with Crippen LogP contribution in [0.2, 0.25) is 10.0 Å². The van der Waals surface area contributed by atoms with Crippen molar-refractivity contribution < 1.29 is 12.9 Å². The van der Waals surface area contributed by atoms with E-state index < -0.39 is 22.7 Å². The Morgan fingerprint density at radius 2 is 1.51 bits per heavy atom. The van der Waals surface area contributed by atoms with Gasteiger partial charge in [-0.05, 0) is 66.2 Å². The van der Waals surface area contributed by atoms with Crippen LogP contribution in [0.1, 0.15) is 19.4 Å². The summed E-state index contributed by atoms with van der Waals surface area (Å²) in [6.07, 6.45) is 0. The number of rotatable bonds is 6. The van der Waals surface area contributed by atoms with E-state index in [-0.39, 0.29) is 4.90 Å². The minimum atomic E-state index is -4.18. The van der Waals surface area contributed by atoms with Crippen LogP contribution in [0.15, 0.2) is 124 Å². The van der Waals surface area contributed by atoms with E-state index in [1.807, 2.05) is 55.3 Å². The van der Waals surface area contributed by atoms with Crippen LogP contribution in [0.25, 0.3) is 0 Å². The maximum absolute atomic E-state index is 13.9. The van der Waals surface area contributed by atoms with Crippen LogP contribution in [0.3, 0.4) is 0 Å². The van der Waals surface area contributed by atoms with Gasteiger partial charge in [0.2, 0.25) is 7.28 Å². The van der Waals surface area contributed by atoms with Crippen molar-refractivity contribution in [3.05, 3.63) is 130 Å². The first-order valence-electron chi connectivity index (χ1n) is 12.2. The lowest BCUT2D eigenvalue weighted by Gasteiger charge is -2.29. The highest BCUT2D eigenvalue weighted by atomic mass is 35.5. The zero-order chi connectivity index (χ0) is 27.8. The first-order valence-corrected chi connectivity index (χ1v) is 16.2. The van der Waals surface area contributed by atoms with E-state index >= 15 is 0 Å². The fourth-order valence-electron chi connectivity index (χ4n) is 4.78. The molecule has 4 aromatic rings. The summed E-state index contributed by atoms with van der Waals surface area (Å²) in [4.78, 5) is 2.11. The monoisotopic (exact) mass is 596 g/mol. The number of nitrogens with zero attached hydrogens (tertiary/aromatic N) is 2. The van der Waals surface area contributed by atoms with Crippen LogP contribution in [-0.4, -0.2) is 15.5 Å². The highest BCUT2D eigenvalue weighted by Crippen LogP contribution is 2.58. The lowest BCUT2D eigenvalue weighted by Crippen LogP contribution is -2.24. The molecule has 0 saturated carbocycles. The topological polar surface area (TPSA) is 59.0 Å². The van der Waals surface area contributed by atoms with Crippen molar-refractivity contribution in [3.8, 4) is 5.75 Å². The molecule has 1 heterocycles. The van der Waals surface area contributed by atoms with Gasteiger partial charge in [0, 0.05) is 45.0 Å². The Kier molecular flexibility index (Phi) is 7.43. The average Bonchev–Trinajstić information content (AvgIpc) is 3.10. The van der Waals surface area contributed by atoms with Gasteiger partial charge >= 0.3 is 0 Å². The molecule has 0 aliphatic carbocycles. The van der Waals surface area contributed by atoms with E-state index in [9.17, 15) is 8.42 Å². The standard InChI is InChI=1S/C30H27Cl2N2O3PS/c1-30(2)27-14-7-8-15-28(27)34(3)29(30)21-38(25-12-5-4-6-13-25,37-24-11-9-10-23(32)20-24)33-39(35,36)26-18-16-22(31)17-19-26/h4-21H,1-3H3/b29-21-. The van der Waals surface area contributed by atoms with Gasteiger partial charge in [-0.2, -0.15) is 8.42 Å². The molecule has 0 saturated heterocycles. The maximum atomic E-state index is 13.9. The molecule has 0 N–H and O–H groups in total. The zero-order valence-electron chi connectivity index (χ0n) is 21.6. The first-order chi connectivity index (χ1) is 18.5. The first kappa shape index (κ1) is 27.5. The highest BCUT2D eigenvalue weighted by Gasteiger charge is 2.41. The smallest absolute Gasteiger partial charge is 0.284 e. The van der Waals surface area contributed by atoms with Gasteiger partial charge in [-0.3, -0.25) is 0 Å².